The first kappa shape index (κ1) is 16.2. The summed E-state index contributed by atoms with van der Waals surface area (Å²) in [5, 5.41) is 3.27. The molecule has 0 radical (unpaired) electrons. The Balaban J connectivity index is 2.00. The van der Waals surface area contributed by atoms with E-state index < -0.39 is 0 Å². The van der Waals surface area contributed by atoms with Crippen molar-refractivity contribution in [1.82, 2.24) is 5.32 Å². The van der Waals surface area contributed by atoms with Crippen molar-refractivity contribution in [2.75, 3.05) is 13.7 Å². The summed E-state index contributed by atoms with van der Waals surface area (Å²) in [6, 6.07) is 12.5. The van der Waals surface area contributed by atoms with Crippen molar-refractivity contribution in [3.63, 3.8) is 0 Å². The Morgan fingerprint density at radius 3 is 2.41 bits per heavy atom. The van der Waals surface area contributed by atoms with Gasteiger partial charge in [0.2, 0.25) is 0 Å². The number of rotatable bonds is 3. The Labute approximate surface area is 139 Å². The highest BCUT2D eigenvalue weighted by Gasteiger charge is 2.12. The lowest BCUT2D eigenvalue weighted by Gasteiger charge is -2.08. The summed E-state index contributed by atoms with van der Waals surface area (Å²) in [7, 11) is 1.46. The molecule has 0 saturated heterocycles. The van der Waals surface area contributed by atoms with Gasteiger partial charge in [0.1, 0.15) is 0 Å². The van der Waals surface area contributed by atoms with Crippen LogP contribution in [0.5, 0.6) is 5.75 Å². The number of hydrogen-bond acceptors (Lipinski definition) is 2. The van der Waals surface area contributed by atoms with Crippen LogP contribution in [-0.2, 0) is 0 Å². The van der Waals surface area contributed by atoms with E-state index in [2.05, 4.69) is 17.2 Å². The summed E-state index contributed by atoms with van der Waals surface area (Å²) in [5.74, 6) is 5.89. The van der Waals surface area contributed by atoms with E-state index >= 15 is 0 Å². The number of halogens is 2. The second-order valence-electron chi connectivity index (χ2n) is 4.32. The molecule has 0 aromatic heterocycles. The number of carbonyl (C=O) groups is 1. The molecule has 0 heterocycles. The van der Waals surface area contributed by atoms with Crippen molar-refractivity contribution in [3.05, 3.63) is 63.6 Å². The molecule has 0 aliphatic rings. The van der Waals surface area contributed by atoms with Gasteiger partial charge < -0.3 is 10.1 Å². The molecule has 0 aliphatic carbocycles. The summed E-state index contributed by atoms with van der Waals surface area (Å²) in [6.07, 6.45) is 0. The highest BCUT2D eigenvalue weighted by Crippen LogP contribution is 2.33. The molecule has 22 heavy (non-hydrogen) atoms. The lowest BCUT2D eigenvalue weighted by Crippen LogP contribution is -2.23. The lowest BCUT2D eigenvalue weighted by molar-refractivity contribution is 0.0958. The molecule has 1 amide bonds. The Morgan fingerprint density at radius 2 is 1.82 bits per heavy atom. The van der Waals surface area contributed by atoms with Crippen LogP contribution in [0, 0.1) is 11.8 Å². The van der Waals surface area contributed by atoms with E-state index in [1.54, 1.807) is 0 Å². The Hall–Kier alpha value is -2.15. The predicted molar refractivity (Wildman–Crippen MR) is 88.7 cm³/mol. The second kappa shape index (κ2) is 7.74. The van der Waals surface area contributed by atoms with Gasteiger partial charge in [-0.2, -0.15) is 0 Å². The third-order valence-corrected chi connectivity index (χ3v) is 3.37. The molecule has 112 valence electrons. The Bertz CT molecular complexity index is 710. The quantitative estimate of drug-likeness (QED) is 0.868. The molecular weight excluding hydrogens is 321 g/mol. The molecule has 0 unspecified atom stereocenters. The molecule has 0 aliphatic heterocycles. The standard InChI is InChI=1S/C17H13Cl2NO2/c1-22-16-14(18)10-13(11-15(16)19)17(21)20-9-5-8-12-6-3-2-4-7-12/h2-4,6-7,10-11H,9H2,1H3,(H,20,21). The number of hydrogen-bond donors (Lipinski definition) is 1. The van der Waals surface area contributed by atoms with Crippen LogP contribution < -0.4 is 10.1 Å². The third-order valence-electron chi connectivity index (χ3n) is 2.81. The van der Waals surface area contributed by atoms with Crippen LogP contribution in [0.1, 0.15) is 15.9 Å². The molecule has 0 spiro atoms. The van der Waals surface area contributed by atoms with Crippen molar-refractivity contribution < 1.29 is 9.53 Å². The summed E-state index contributed by atoms with van der Waals surface area (Å²) in [5.41, 5.74) is 1.25. The third kappa shape index (κ3) is 4.17. The number of nitrogens with one attached hydrogen (secondary N) is 1. The molecule has 2 aromatic rings. The summed E-state index contributed by atoms with van der Waals surface area (Å²) >= 11 is 12.0. The first-order chi connectivity index (χ1) is 10.6. The van der Waals surface area contributed by atoms with Crippen molar-refractivity contribution in [2.24, 2.45) is 0 Å². The topological polar surface area (TPSA) is 38.3 Å². The van der Waals surface area contributed by atoms with Crippen LogP contribution in [0.4, 0.5) is 0 Å². The van der Waals surface area contributed by atoms with Crippen LogP contribution in [0.3, 0.4) is 0 Å². The highest BCUT2D eigenvalue weighted by atomic mass is 35.5. The van der Waals surface area contributed by atoms with Crippen LogP contribution in [0.25, 0.3) is 0 Å². The van der Waals surface area contributed by atoms with Crippen LogP contribution in [0.15, 0.2) is 42.5 Å². The second-order valence-corrected chi connectivity index (χ2v) is 5.14. The normalized spacial score (nSPS) is 9.59. The number of methoxy groups -OCH3 is 1. The van der Waals surface area contributed by atoms with Gasteiger partial charge in [0.05, 0.1) is 23.7 Å². The Kier molecular flexibility index (Phi) is 5.71. The molecule has 3 nitrogen and oxygen atoms in total. The first-order valence-electron chi connectivity index (χ1n) is 6.47. The average Bonchev–Trinajstić information content (AvgIpc) is 2.52. The van der Waals surface area contributed by atoms with Crippen molar-refractivity contribution in [2.45, 2.75) is 0 Å². The molecular formula is C17H13Cl2NO2. The predicted octanol–water partition coefficient (Wildman–Crippen LogP) is 3.78. The van der Waals surface area contributed by atoms with Gasteiger partial charge in [-0.05, 0) is 24.3 Å². The van der Waals surface area contributed by atoms with Gasteiger partial charge in [-0.1, -0.05) is 53.2 Å². The molecule has 2 rings (SSSR count). The van der Waals surface area contributed by atoms with Crippen LogP contribution >= 0.6 is 23.2 Å². The van der Waals surface area contributed by atoms with Crippen molar-refractivity contribution in [1.29, 1.82) is 0 Å². The largest absolute Gasteiger partial charge is 0.494 e. The maximum absolute atomic E-state index is 12.0. The minimum Gasteiger partial charge on any atom is -0.494 e. The van der Waals surface area contributed by atoms with E-state index in [4.69, 9.17) is 27.9 Å². The van der Waals surface area contributed by atoms with Crippen LogP contribution in [-0.4, -0.2) is 19.6 Å². The van der Waals surface area contributed by atoms with E-state index in [9.17, 15) is 4.79 Å². The molecule has 2 aromatic carbocycles. The maximum atomic E-state index is 12.0. The fourth-order valence-electron chi connectivity index (χ4n) is 1.78. The number of ether oxygens (including phenoxy) is 1. The van der Waals surface area contributed by atoms with E-state index in [0.717, 1.165) is 5.56 Å². The fourth-order valence-corrected chi connectivity index (χ4v) is 2.42. The molecule has 0 fully saturated rings. The van der Waals surface area contributed by atoms with Gasteiger partial charge in [0.15, 0.2) is 5.75 Å². The maximum Gasteiger partial charge on any atom is 0.252 e. The number of benzene rings is 2. The lowest BCUT2D eigenvalue weighted by atomic mass is 10.2. The van der Waals surface area contributed by atoms with Gasteiger partial charge in [0.25, 0.3) is 5.91 Å². The van der Waals surface area contributed by atoms with E-state index in [0.29, 0.717) is 11.3 Å². The van der Waals surface area contributed by atoms with Crippen molar-refractivity contribution >= 4 is 29.1 Å². The molecule has 0 atom stereocenters. The summed E-state index contributed by atoms with van der Waals surface area (Å²) < 4.78 is 5.04. The van der Waals surface area contributed by atoms with Gasteiger partial charge in [-0.3, -0.25) is 4.79 Å². The van der Waals surface area contributed by atoms with Gasteiger partial charge in [-0.15, -0.1) is 0 Å². The van der Waals surface area contributed by atoms with Crippen molar-refractivity contribution in [3.8, 4) is 17.6 Å². The first-order valence-corrected chi connectivity index (χ1v) is 7.22. The van der Waals surface area contributed by atoms with Gasteiger partial charge >= 0.3 is 0 Å². The SMILES string of the molecule is COc1c(Cl)cc(C(=O)NCC#Cc2ccccc2)cc1Cl. The Morgan fingerprint density at radius 1 is 1.18 bits per heavy atom. The summed E-state index contributed by atoms with van der Waals surface area (Å²) in [4.78, 5) is 12.0. The number of carbonyl (C=O) groups excluding carboxylic acids is 1. The average molecular weight is 334 g/mol. The zero-order valence-electron chi connectivity index (χ0n) is 11.8. The highest BCUT2D eigenvalue weighted by molar-refractivity contribution is 6.37. The number of amides is 1. The van der Waals surface area contributed by atoms with Gasteiger partial charge in [-0.25, -0.2) is 0 Å². The summed E-state index contributed by atoms with van der Waals surface area (Å²) in [6.45, 7) is 0.231. The fraction of sp³-hybridized carbons (Fsp3) is 0.118. The molecule has 1 N–H and O–H groups in total. The minimum atomic E-state index is -0.297. The molecule has 5 heteroatoms. The van der Waals surface area contributed by atoms with E-state index in [1.165, 1.54) is 19.2 Å². The molecule has 0 bridgehead atoms. The smallest absolute Gasteiger partial charge is 0.252 e. The van der Waals surface area contributed by atoms with Gasteiger partial charge in [0, 0.05) is 11.1 Å². The molecule has 0 saturated carbocycles. The zero-order valence-corrected chi connectivity index (χ0v) is 13.3. The van der Waals surface area contributed by atoms with E-state index in [1.807, 2.05) is 30.3 Å². The van der Waals surface area contributed by atoms with E-state index in [-0.39, 0.29) is 22.5 Å². The zero-order chi connectivity index (χ0) is 15.9. The van der Waals surface area contributed by atoms with Crippen LogP contribution in [0.2, 0.25) is 10.0 Å². The minimum absolute atomic E-state index is 0.231. The monoisotopic (exact) mass is 333 g/mol.